The van der Waals surface area contributed by atoms with E-state index in [2.05, 4.69) is 18.7 Å². The summed E-state index contributed by atoms with van der Waals surface area (Å²) < 4.78 is 13.8. The summed E-state index contributed by atoms with van der Waals surface area (Å²) in [5.41, 5.74) is 1.06. The number of nitrogens with zero attached hydrogens (tertiary/aromatic N) is 2. The smallest absolute Gasteiger partial charge is 0.129 e. The van der Waals surface area contributed by atoms with E-state index in [4.69, 9.17) is 5.26 Å². The summed E-state index contributed by atoms with van der Waals surface area (Å²) in [5.74, 6) is -0.271. The minimum absolute atomic E-state index is 0.271. The first-order valence-corrected chi connectivity index (χ1v) is 7.09. The first-order valence-electron chi connectivity index (χ1n) is 6.15. The first-order chi connectivity index (χ1) is 8.58. The van der Waals surface area contributed by atoms with Crippen molar-refractivity contribution in [2.75, 3.05) is 13.1 Å². The summed E-state index contributed by atoms with van der Waals surface area (Å²) >= 11 is 1.99. The molecule has 0 saturated carbocycles. The first kappa shape index (κ1) is 13.4. The highest BCUT2D eigenvalue weighted by molar-refractivity contribution is 8.00. The van der Waals surface area contributed by atoms with Crippen LogP contribution in [-0.4, -0.2) is 28.5 Å². The predicted octanol–water partition coefficient (Wildman–Crippen LogP) is 3.02. The molecule has 1 heterocycles. The molecule has 2 nitrogen and oxygen atoms in total. The highest BCUT2D eigenvalue weighted by Crippen LogP contribution is 2.26. The van der Waals surface area contributed by atoms with Gasteiger partial charge >= 0.3 is 0 Å². The predicted molar refractivity (Wildman–Crippen MR) is 72.9 cm³/mol. The van der Waals surface area contributed by atoms with Crippen LogP contribution in [0.15, 0.2) is 18.2 Å². The topological polar surface area (TPSA) is 27.0 Å². The molecule has 18 heavy (non-hydrogen) atoms. The fourth-order valence-electron chi connectivity index (χ4n) is 2.40. The van der Waals surface area contributed by atoms with Gasteiger partial charge in [-0.25, -0.2) is 4.39 Å². The summed E-state index contributed by atoms with van der Waals surface area (Å²) in [6.07, 6.45) is 0. The maximum atomic E-state index is 13.8. The average molecular weight is 264 g/mol. The standard InChI is InChI=1S/C14H17FN2S/c1-10-7-17(8-11(2)18-10)9-13-4-3-12(6-16)5-14(13)15/h3-5,10-11H,7-9H2,1-2H3. The zero-order chi connectivity index (χ0) is 13.1. The fourth-order valence-corrected chi connectivity index (χ4v) is 3.79. The van der Waals surface area contributed by atoms with E-state index in [-0.39, 0.29) is 5.82 Å². The SMILES string of the molecule is CC1CN(Cc2ccc(C#N)cc2F)CC(C)S1. The van der Waals surface area contributed by atoms with E-state index in [0.29, 0.717) is 28.2 Å². The van der Waals surface area contributed by atoms with E-state index in [9.17, 15) is 4.39 Å². The second kappa shape index (κ2) is 5.73. The average Bonchev–Trinajstić information content (AvgIpc) is 2.30. The Morgan fingerprint density at radius 3 is 2.61 bits per heavy atom. The molecule has 2 rings (SSSR count). The van der Waals surface area contributed by atoms with Gasteiger partial charge in [-0.15, -0.1) is 0 Å². The van der Waals surface area contributed by atoms with Crippen LogP contribution in [0.5, 0.6) is 0 Å². The van der Waals surface area contributed by atoms with E-state index >= 15 is 0 Å². The minimum atomic E-state index is -0.271. The molecule has 2 atom stereocenters. The highest BCUT2D eigenvalue weighted by Gasteiger charge is 2.22. The Morgan fingerprint density at radius 2 is 2.06 bits per heavy atom. The minimum Gasteiger partial charge on any atom is -0.297 e. The molecule has 1 saturated heterocycles. The molecule has 1 aliphatic heterocycles. The van der Waals surface area contributed by atoms with Crippen LogP contribution in [-0.2, 0) is 6.54 Å². The Kier molecular flexibility index (Phi) is 4.26. The van der Waals surface area contributed by atoms with Crippen molar-refractivity contribution in [3.8, 4) is 6.07 Å². The molecule has 0 amide bonds. The molecular weight excluding hydrogens is 247 g/mol. The number of halogens is 1. The van der Waals surface area contributed by atoms with Gasteiger partial charge in [-0.2, -0.15) is 17.0 Å². The third-order valence-corrected chi connectivity index (χ3v) is 4.30. The third kappa shape index (κ3) is 3.24. The van der Waals surface area contributed by atoms with Crippen molar-refractivity contribution < 1.29 is 4.39 Å². The molecular formula is C14H17FN2S. The van der Waals surface area contributed by atoms with Crippen molar-refractivity contribution in [3.05, 3.63) is 35.1 Å². The van der Waals surface area contributed by atoms with Gasteiger partial charge in [0.2, 0.25) is 0 Å². The van der Waals surface area contributed by atoms with E-state index in [0.717, 1.165) is 13.1 Å². The Labute approximate surface area is 112 Å². The van der Waals surface area contributed by atoms with Crippen LogP contribution < -0.4 is 0 Å². The summed E-state index contributed by atoms with van der Waals surface area (Å²) in [6, 6.07) is 6.69. The van der Waals surface area contributed by atoms with Crippen molar-refractivity contribution in [3.63, 3.8) is 0 Å². The van der Waals surface area contributed by atoms with Crippen molar-refractivity contribution in [1.82, 2.24) is 4.90 Å². The molecule has 2 unspecified atom stereocenters. The van der Waals surface area contributed by atoms with E-state index in [1.54, 1.807) is 12.1 Å². The van der Waals surface area contributed by atoms with Gasteiger partial charge in [-0.3, -0.25) is 4.90 Å². The van der Waals surface area contributed by atoms with E-state index < -0.39 is 0 Å². The van der Waals surface area contributed by atoms with Crippen molar-refractivity contribution in [1.29, 1.82) is 5.26 Å². The van der Waals surface area contributed by atoms with Crippen LogP contribution in [0.4, 0.5) is 4.39 Å². The number of thioether (sulfide) groups is 1. The Morgan fingerprint density at radius 1 is 1.39 bits per heavy atom. The highest BCUT2D eigenvalue weighted by atomic mass is 32.2. The molecule has 4 heteroatoms. The lowest BCUT2D eigenvalue weighted by atomic mass is 10.1. The van der Waals surface area contributed by atoms with Gasteiger partial charge in [0.25, 0.3) is 0 Å². The fraction of sp³-hybridized carbons (Fsp3) is 0.500. The number of rotatable bonds is 2. The summed E-state index contributed by atoms with van der Waals surface area (Å²) in [4.78, 5) is 2.29. The molecule has 1 fully saturated rings. The lowest BCUT2D eigenvalue weighted by molar-refractivity contribution is 0.259. The van der Waals surface area contributed by atoms with Crippen molar-refractivity contribution in [2.24, 2.45) is 0 Å². The van der Waals surface area contributed by atoms with Crippen LogP contribution in [0.25, 0.3) is 0 Å². The molecule has 0 aliphatic carbocycles. The lowest BCUT2D eigenvalue weighted by Crippen LogP contribution is -2.39. The molecule has 1 aromatic rings. The van der Waals surface area contributed by atoms with Crippen LogP contribution in [0.2, 0.25) is 0 Å². The monoisotopic (exact) mass is 264 g/mol. The second-order valence-corrected chi connectivity index (χ2v) is 6.75. The van der Waals surface area contributed by atoms with Gasteiger partial charge < -0.3 is 0 Å². The van der Waals surface area contributed by atoms with Crippen LogP contribution in [0.1, 0.15) is 25.0 Å². The summed E-state index contributed by atoms with van der Waals surface area (Å²) in [5, 5.41) is 9.90. The van der Waals surface area contributed by atoms with Gasteiger partial charge in [0.1, 0.15) is 5.82 Å². The van der Waals surface area contributed by atoms with Gasteiger partial charge in [-0.05, 0) is 12.1 Å². The van der Waals surface area contributed by atoms with Crippen molar-refractivity contribution in [2.45, 2.75) is 30.9 Å². The number of nitriles is 1. The van der Waals surface area contributed by atoms with E-state index in [1.807, 2.05) is 17.8 Å². The van der Waals surface area contributed by atoms with Crippen LogP contribution in [0, 0.1) is 17.1 Å². The molecule has 0 radical (unpaired) electrons. The van der Waals surface area contributed by atoms with Crippen molar-refractivity contribution >= 4 is 11.8 Å². The Bertz CT molecular complexity index is 459. The zero-order valence-electron chi connectivity index (χ0n) is 10.7. The van der Waals surface area contributed by atoms with Gasteiger partial charge in [-0.1, -0.05) is 19.9 Å². The zero-order valence-corrected chi connectivity index (χ0v) is 11.5. The molecule has 1 aliphatic rings. The molecule has 96 valence electrons. The maximum Gasteiger partial charge on any atom is 0.129 e. The largest absolute Gasteiger partial charge is 0.297 e. The quantitative estimate of drug-likeness (QED) is 0.821. The molecule has 0 aromatic heterocycles. The third-order valence-electron chi connectivity index (χ3n) is 3.07. The van der Waals surface area contributed by atoms with E-state index in [1.165, 1.54) is 6.07 Å². The normalized spacial score (nSPS) is 24.8. The molecule has 0 N–H and O–H groups in total. The number of hydrogen-bond acceptors (Lipinski definition) is 3. The van der Waals surface area contributed by atoms with Crippen LogP contribution >= 0.6 is 11.8 Å². The van der Waals surface area contributed by atoms with Gasteiger partial charge in [0.05, 0.1) is 11.6 Å². The van der Waals surface area contributed by atoms with Gasteiger partial charge in [0.15, 0.2) is 0 Å². The molecule has 1 aromatic carbocycles. The van der Waals surface area contributed by atoms with Crippen LogP contribution in [0.3, 0.4) is 0 Å². The Hall–Kier alpha value is -1.05. The Balaban J connectivity index is 2.07. The summed E-state index contributed by atoms with van der Waals surface area (Å²) in [7, 11) is 0. The van der Waals surface area contributed by atoms with Gasteiger partial charge in [0, 0.05) is 35.7 Å². The summed E-state index contributed by atoms with van der Waals surface area (Å²) in [6.45, 7) is 7.04. The second-order valence-electron chi connectivity index (χ2n) is 4.87. The lowest BCUT2D eigenvalue weighted by Gasteiger charge is -2.34. The number of benzene rings is 1. The molecule has 0 bridgehead atoms. The molecule has 0 spiro atoms. The number of hydrogen-bond donors (Lipinski definition) is 0. The maximum absolute atomic E-state index is 13.8.